The molecule has 0 aromatic heterocycles. The number of nitrogens with one attached hydrogen (secondary N) is 3. The summed E-state index contributed by atoms with van der Waals surface area (Å²) in [6, 6.07) is 15.3. The van der Waals surface area contributed by atoms with Crippen LogP contribution < -0.4 is 15.4 Å². The molecule has 0 saturated carbocycles. The molecule has 0 unspecified atom stereocenters. The van der Waals surface area contributed by atoms with Gasteiger partial charge in [0, 0.05) is 25.7 Å². The number of aryl methyl sites for hydroxylation is 1. The zero-order chi connectivity index (χ0) is 21.5. The molecule has 2 aromatic carbocycles. The van der Waals surface area contributed by atoms with Crippen molar-refractivity contribution in [2.45, 2.75) is 57.6 Å². The Labute approximate surface area is 174 Å². The van der Waals surface area contributed by atoms with Crippen LogP contribution in [0, 0.1) is 0 Å². The molecule has 7 heteroatoms. The summed E-state index contributed by atoms with van der Waals surface area (Å²) in [6.07, 6.45) is 0.968. The summed E-state index contributed by atoms with van der Waals surface area (Å²) < 4.78 is 28.3. The first-order chi connectivity index (χ1) is 13.7. The first-order valence-electron chi connectivity index (χ1n) is 9.79. The van der Waals surface area contributed by atoms with Crippen LogP contribution in [0.5, 0.6) is 0 Å². The Morgan fingerprint density at radius 2 is 1.41 bits per heavy atom. The van der Waals surface area contributed by atoms with Crippen LogP contribution in [0.4, 0.5) is 0 Å². The van der Waals surface area contributed by atoms with Crippen LogP contribution in [0.15, 0.2) is 58.4 Å². The van der Waals surface area contributed by atoms with Crippen LogP contribution in [-0.2, 0) is 29.5 Å². The first-order valence-corrected chi connectivity index (χ1v) is 11.3. The molecular formula is C22H32N4O2S. The molecule has 158 valence electrons. The summed E-state index contributed by atoms with van der Waals surface area (Å²) in [7, 11) is -1.92. The van der Waals surface area contributed by atoms with Crippen molar-refractivity contribution < 1.29 is 8.42 Å². The van der Waals surface area contributed by atoms with Crippen molar-refractivity contribution in [3.8, 4) is 0 Å². The van der Waals surface area contributed by atoms with Gasteiger partial charge in [0.2, 0.25) is 10.0 Å². The Hall–Kier alpha value is -2.38. The van der Waals surface area contributed by atoms with E-state index in [2.05, 4.69) is 39.4 Å². The second-order valence-electron chi connectivity index (χ2n) is 7.86. The van der Waals surface area contributed by atoms with Crippen LogP contribution in [0.1, 0.15) is 44.4 Å². The van der Waals surface area contributed by atoms with Gasteiger partial charge < -0.3 is 10.6 Å². The molecule has 0 spiro atoms. The molecular weight excluding hydrogens is 384 g/mol. The normalized spacial score (nSPS) is 12.7. The predicted octanol–water partition coefficient (Wildman–Crippen LogP) is 3.19. The van der Waals surface area contributed by atoms with E-state index in [1.165, 1.54) is 11.1 Å². The van der Waals surface area contributed by atoms with Gasteiger partial charge >= 0.3 is 0 Å². The fourth-order valence-electron chi connectivity index (χ4n) is 3.02. The third-order valence-corrected chi connectivity index (χ3v) is 6.18. The van der Waals surface area contributed by atoms with Gasteiger partial charge in [-0.2, -0.15) is 0 Å². The third kappa shape index (κ3) is 6.87. The molecule has 3 N–H and O–H groups in total. The second kappa shape index (κ2) is 9.89. The largest absolute Gasteiger partial charge is 0.352 e. The van der Waals surface area contributed by atoms with E-state index in [4.69, 9.17) is 0 Å². The maximum Gasteiger partial charge on any atom is 0.241 e. The molecule has 2 rings (SSSR count). The molecule has 29 heavy (non-hydrogen) atoms. The lowest BCUT2D eigenvalue weighted by Crippen LogP contribution is -2.41. The standard InChI is InChI=1S/C22H32N4O2S/c1-6-17-11-7-8-12-18(17)15-24-21(23-5)25-16-19-13-9-10-14-20(19)29(27,28)26-22(2,3)4/h7-14,26H,6,15-16H2,1-5H3,(H2,23,24,25). The van der Waals surface area contributed by atoms with E-state index < -0.39 is 15.6 Å². The van der Waals surface area contributed by atoms with Gasteiger partial charge in [-0.05, 0) is 49.9 Å². The summed E-state index contributed by atoms with van der Waals surface area (Å²) in [4.78, 5) is 4.53. The highest BCUT2D eigenvalue weighted by Crippen LogP contribution is 2.17. The lowest BCUT2D eigenvalue weighted by Gasteiger charge is -2.22. The van der Waals surface area contributed by atoms with Crippen molar-refractivity contribution in [1.29, 1.82) is 0 Å². The van der Waals surface area contributed by atoms with Gasteiger partial charge in [0.1, 0.15) is 0 Å². The van der Waals surface area contributed by atoms with Crippen LogP contribution in [0.3, 0.4) is 0 Å². The molecule has 0 radical (unpaired) electrons. The number of nitrogens with zero attached hydrogens (tertiary/aromatic N) is 1. The number of guanidine groups is 1. The van der Waals surface area contributed by atoms with Gasteiger partial charge in [-0.15, -0.1) is 0 Å². The summed E-state index contributed by atoms with van der Waals surface area (Å²) in [5.41, 5.74) is 2.64. The van der Waals surface area contributed by atoms with E-state index in [1.807, 2.05) is 45.0 Å². The number of aliphatic imine (C=N–C) groups is 1. The fourth-order valence-corrected chi connectivity index (χ4v) is 4.68. The van der Waals surface area contributed by atoms with E-state index in [9.17, 15) is 8.42 Å². The van der Waals surface area contributed by atoms with Gasteiger partial charge in [0.05, 0.1) is 4.90 Å². The number of hydrogen-bond acceptors (Lipinski definition) is 3. The Balaban J connectivity index is 2.09. The molecule has 0 aliphatic heterocycles. The minimum absolute atomic E-state index is 0.272. The van der Waals surface area contributed by atoms with Crippen LogP contribution in [0.25, 0.3) is 0 Å². The quantitative estimate of drug-likeness (QED) is 0.478. The molecule has 0 amide bonds. The van der Waals surface area contributed by atoms with Crippen molar-refractivity contribution in [2.75, 3.05) is 7.05 Å². The Morgan fingerprint density at radius 1 is 0.897 bits per heavy atom. The van der Waals surface area contributed by atoms with Crippen LogP contribution >= 0.6 is 0 Å². The lowest BCUT2D eigenvalue weighted by molar-refractivity contribution is 0.491. The zero-order valence-electron chi connectivity index (χ0n) is 17.9. The molecule has 2 aromatic rings. The second-order valence-corrected chi connectivity index (χ2v) is 9.52. The third-order valence-electron chi connectivity index (χ3n) is 4.32. The van der Waals surface area contributed by atoms with E-state index in [0.29, 0.717) is 24.6 Å². The van der Waals surface area contributed by atoms with E-state index in [-0.39, 0.29) is 4.90 Å². The van der Waals surface area contributed by atoms with Crippen molar-refractivity contribution >= 4 is 16.0 Å². The van der Waals surface area contributed by atoms with E-state index in [1.54, 1.807) is 19.2 Å². The van der Waals surface area contributed by atoms with Gasteiger partial charge in [0.25, 0.3) is 0 Å². The van der Waals surface area contributed by atoms with Crippen molar-refractivity contribution in [3.63, 3.8) is 0 Å². The monoisotopic (exact) mass is 416 g/mol. The molecule has 0 aliphatic carbocycles. The molecule has 6 nitrogen and oxygen atoms in total. The summed E-state index contributed by atoms with van der Waals surface area (Å²) in [5, 5.41) is 6.52. The van der Waals surface area contributed by atoms with Crippen molar-refractivity contribution in [1.82, 2.24) is 15.4 Å². The molecule has 0 saturated heterocycles. The Morgan fingerprint density at radius 3 is 1.97 bits per heavy atom. The summed E-state index contributed by atoms with van der Waals surface area (Å²) in [5.74, 6) is 0.617. The van der Waals surface area contributed by atoms with Crippen molar-refractivity contribution in [3.05, 3.63) is 65.2 Å². The maximum absolute atomic E-state index is 12.8. The van der Waals surface area contributed by atoms with Gasteiger partial charge in [-0.25, -0.2) is 13.1 Å². The summed E-state index contributed by atoms with van der Waals surface area (Å²) >= 11 is 0. The average molecular weight is 417 g/mol. The average Bonchev–Trinajstić information content (AvgIpc) is 2.66. The lowest BCUT2D eigenvalue weighted by atomic mass is 10.1. The van der Waals surface area contributed by atoms with Crippen LogP contribution in [-0.4, -0.2) is 27.0 Å². The Bertz CT molecular complexity index is 947. The van der Waals surface area contributed by atoms with Gasteiger partial charge in [-0.3, -0.25) is 4.99 Å². The number of sulfonamides is 1. The number of rotatable bonds is 7. The highest BCUT2D eigenvalue weighted by molar-refractivity contribution is 7.89. The maximum atomic E-state index is 12.8. The van der Waals surface area contributed by atoms with E-state index >= 15 is 0 Å². The summed E-state index contributed by atoms with van der Waals surface area (Å²) in [6.45, 7) is 8.60. The molecule has 0 bridgehead atoms. The zero-order valence-corrected chi connectivity index (χ0v) is 18.7. The topological polar surface area (TPSA) is 82.6 Å². The van der Waals surface area contributed by atoms with Gasteiger partial charge in [0.15, 0.2) is 5.96 Å². The number of hydrogen-bond donors (Lipinski definition) is 3. The molecule has 0 heterocycles. The SMILES string of the molecule is CCc1ccccc1CNC(=NC)NCc1ccccc1S(=O)(=O)NC(C)(C)C. The molecule has 0 fully saturated rings. The Kier molecular flexibility index (Phi) is 7.81. The predicted molar refractivity (Wildman–Crippen MR) is 119 cm³/mol. The van der Waals surface area contributed by atoms with E-state index in [0.717, 1.165) is 6.42 Å². The highest BCUT2D eigenvalue weighted by atomic mass is 32.2. The fraction of sp³-hybridized carbons (Fsp3) is 0.409. The van der Waals surface area contributed by atoms with Crippen molar-refractivity contribution in [2.24, 2.45) is 4.99 Å². The highest BCUT2D eigenvalue weighted by Gasteiger charge is 2.24. The first kappa shape index (κ1) is 22.9. The number of benzene rings is 2. The smallest absolute Gasteiger partial charge is 0.241 e. The molecule has 0 atom stereocenters. The minimum atomic E-state index is -3.62. The van der Waals surface area contributed by atoms with Gasteiger partial charge in [-0.1, -0.05) is 49.4 Å². The minimum Gasteiger partial charge on any atom is -0.352 e. The molecule has 0 aliphatic rings. The van der Waals surface area contributed by atoms with Crippen LogP contribution in [0.2, 0.25) is 0 Å².